The van der Waals surface area contributed by atoms with Crippen LogP contribution in [0.4, 0.5) is 0 Å². The summed E-state index contributed by atoms with van der Waals surface area (Å²) in [5.74, 6) is -1.57. The molecule has 3 aromatic carbocycles. The molecule has 0 amide bonds. The summed E-state index contributed by atoms with van der Waals surface area (Å²) in [5.41, 5.74) is 1.47. The first-order valence-corrected chi connectivity index (χ1v) is 14.2. The molecule has 1 unspecified atom stereocenters. The molecule has 0 radical (unpaired) electrons. The fourth-order valence-electron chi connectivity index (χ4n) is 5.52. The molecule has 6 N–H and O–H groups in total. The lowest BCUT2D eigenvalue weighted by molar-refractivity contribution is -0.142. The number of aliphatic hydroxyl groups is 2. The van der Waals surface area contributed by atoms with Gasteiger partial charge in [0.1, 0.15) is 5.60 Å². The molecule has 0 aliphatic carbocycles. The van der Waals surface area contributed by atoms with Crippen molar-refractivity contribution in [3.05, 3.63) is 107 Å². The van der Waals surface area contributed by atoms with Gasteiger partial charge in [-0.25, -0.2) is 0 Å². The Morgan fingerprint density at radius 3 is 1.71 bits per heavy atom. The first kappa shape index (κ1) is 34.6. The first-order valence-electron chi connectivity index (χ1n) is 14.2. The number of likely N-dealkylation sites (tertiary alicyclic amines) is 1. The topological polar surface area (TPSA) is 150 Å². The van der Waals surface area contributed by atoms with E-state index < -0.39 is 29.1 Å². The average molecular weight is 580 g/mol. The lowest BCUT2D eigenvalue weighted by Crippen LogP contribution is -2.44. The van der Waals surface area contributed by atoms with E-state index in [9.17, 15) is 20.1 Å². The minimum atomic E-state index is -1.01. The van der Waals surface area contributed by atoms with Crippen LogP contribution in [0, 0.1) is 5.92 Å². The Bertz CT molecular complexity index is 1190. The van der Waals surface area contributed by atoms with Gasteiger partial charge in [-0.15, -0.1) is 0 Å². The second-order valence-electron chi connectivity index (χ2n) is 11.3. The number of carbonyl (C=O) groups is 2. The third-order valence-corrected chi connectivity index (χ3v) is 8.11. The summed E-state index contributed by atoms with van der Waals surface area (Å²) in [6.45, 7) is 7.20. The molecule has 8 nitrogen and oxygen atoms in total. The molecule has 3 aromatic rings. The summed E-state index contributed by atoms with van der Waals surface area (Å²) >= 11 is 0. The smallest absolute Gasteiger partial charge is 0.313 e. The third kappa shape index (κ3) is 8.72. The van der Waals surface area contributed by atoms with Crippen LogP contribution in [0.3, 0.4) is 0 Å². The molecule has 4 rings (SSSR count). The normalized spacial score (nSPS) is 15.1. The van der Waals surface area contributed by atoms with Gasteiger partial charge >= 0.3 is 5.97 Å². The lowest BCUT2D eigenvalue weighted by atomic mass is 9.72. The molecule has 1 fully saturated rings. The molecular weight excluding hydrogens is 534 g/mol. The van der Waals surface area contributed by atoms with Crippen molar-refractivity contribution in [1.82, 2.24) is 4.90 Å². The highest BCUT2D eigenvalue weighted by atomic mass is 16.4. The number of carboxylic acid groups (broad SMARTS) is 2. The predicted octanol–water partition coefficient (Wildman–Crippen LogP) is 4.78. The van der Waals surface area contributed by atoms with Crippen LogP contribution in [0.25, 0.3) is 0 Å². The molecule has 1 heterocycles. The summed E-state index contributed by atoms with van der Waals surface area (Å²) in [6.07, 6.45) is 2.77. The molecule has 1 aliphatic heterocycles. The van der Waals surface area contributed by atoms with Crippen molar-refractivity contribution in [2.24, 2.45) is 5.92 Å². The van der Waals surface area contributed by atoms with Crippen molar-refractivity contribution in [3.8, 4) is 0 Å². The van der Waals surface area contributed by atoms with Crippen molar-refractivity contribution in [2.45, 2.75) is 63.6 Å². The second-order valence-corrected chi connectivity index (χ2v) is 11.3. The second kappa shape index (κ2) is 15.6. The van der Waals surface area contributed by atoms with Crippen molar-refractivity contribution in [1.29, 1.82) is 0 Å². The molecule has 228 valence electrons. The van der Waals surface area contributed by atoms with E-state index in [1.165, 1.54) is 0 Å². The Hall–Kier alpha value is -3.56. The Morgan fingerprint density at radius 1 is 0.833 bits per heavy atom. The summed E-state index contributed by atoms with van der Waals surface area (Å²) in [7, 11) is 0. The molecule has 42 heavy (non-hydrogen) atoms. The molecule has 0 saturated carbocycles. The Balaban J connectivity index is 0.00000116. The number of hydrogen-bond acceptors (Lipinski definition) is 5. The zero-order chi connectivity index (χ0) is 30.0. The van der Waals surface area contributed by atoms with Gasteiger partial charge in [0.15, 0.2) is 0 Å². The van der Waals surface area contributed by atoms with Gasteiger partial charge in [-0.3, -0.25) is 9.59 Å². The largest absolute Gasteiger partial charge is 0.481 e. The van der Waals surface area contributed by atoms with Crippen LogP contribution >= 0.6 is 0 Å². The summed E-state index contributed by atoms with van der Waals surface area (Å²) < 4.78 is 0. The summed E-state index contributed by atoms with van der Waals surface area (Å²) in [4.78, 5) is 22.9. The molecule has 1 saturated heterocycles. The molecule has 1 aliphatic rings. The van der Waals surface area contributed by atoms with Crippen molar-refractivity contribution < 1.29 is 35.5 Å². The number of rotatable bonds is 10. The van der Waals surface area contributed by atoms with Crippen LogP contribution < -0.4 is 0 Å². The highest BCUT2D eigenvalue weighted by Gasteiger charge is 2.41. The Morgan fingerprint density at radius 2 is 1.29 bits per heavy atom. The van der Waals surface area contributed by atoms with E-state index in [0.29, 0.717) is 6.42 Å². The molecule has 0 aromatic heterocycles. The minimum Gasteiger partial charge on any atom is -0.481 e. The highest BCUT2D eigenvalue weighted by molar-refractivity contribution is 5.80. The number of carboxylic acids is 2. The number of benzene rings is 3. The molecule has 1 atom stereocenters. The SMILES string of the molecule is CC(=O)O.CC(C)(C(=O)O)c1ccc(C(O)CCCN2CCC(C(O)(c3ccccc3)c3ccccc3)CC2)cc1.O. The maximum atomic E-state index is 12.1. The average Bonchev–Trinajstić information content (AvgIpc) is 2.97. The van der Waals surface area contributed by atoms with E-state index in [2.05, 4.69) is 4.90 Å². The van der Waals surface area contributed by atoms with Crippen LogP contribution in [0.1, 0.15) is 74.8 Å². The number of nitrogens with zero attached hydrogens (tertiary/aromatic N) is 1. The molecule has 0 bridgehead atoms. The van der Waals surface area contributed by atoms with Gasteiger partial charge in [-0.2, -0.15) is 0 Å². The van der Waals surface area contributed by atoms with E-state index in [0.717, 1.165) is 68.1 Å². The van der Waals surface area contributed by atoms with Gasteiger partial charge in [-0.1, -0.05) is 84.9 Å². The summed E-state index contributed by atoms with van der Waals surface area (Å²) in [5, 5.41) is 39.6. The number of hydrogen-bond donors (Lipinski definition) is 4. The molecule has 8 heteroatoms. The van der Waals surface area contributed by atoms with E-state index >= 15 is 0 Å². The maximum absolute atomic E-state index is 12.1. The van der Waals surface area contributed by atoms with Crippen LogP contribution in [-0.2, 0) is 20.6 Å². The van der Waals surface area contributed by atoms with Gasteiger partial charge in [0.25, 0.3) is 5.97 Å². The van der Waals surface area contributed by atoms with Gasteiger partial charge in [0.2, 0.25) is 0 Å². The van der Waals surface area contributed by atoms with Crippen LogP contribution in [0.15, 0.2) is 84.9 Å². The quantitative estimate of drug-likeness (QED) is 0.270. The minimum absolute atomic E-state index is 0. The zero-order valence-corrected chi connectivity index (χ0v) is 24.7. The number of aliphatic carboxylic acids is 2. The van der Waals surface area contributed by atoms with Crippen molar-refractivity contribution in [2.75, 3.05) is 19.6 Å². The zero-order valence-electron chi connectivity index (χ0n) is 24.7. The van der Waals surface area contributed by atoms with E-state index in [4.69, 9.17) is 9.90 Å². The Kier molecular flexibility index (Phi) is 12.9. The van der Waals surface area contributed by atoms with E-state index in [1.54, 1.807) is 26.0 Å². The monoisotopic (exact) mass is 579 g/mol. The van der Waals surface area contributed by atoms with E-state index in [1.807, 2.05) is 72.8 Å². The van der Waals surface area contributed by atoms with E-state index in [-0.39, 0.29) is 11.4 Å². The Labute approximate surface area is 248 Å². The fraction of sp³-hybridized carbons (Fsp3) is 0.412. The van der Waals surface area contributed by atoms with Crippen molar-refractivity contribution in [3.63, 3.8) is 0 Å². The maximum Gasteiger partial charge on any atom is 0.313 e. The number of aliphatic hydroxyl groups excluding tert-OH is 1. The standard InChI is InChI=1S/C32H39NO4.C2H4O2.H2O/c1-31(2,30(35)36)25-17-15-24(16-18-25)29(34)14-9-21-33-22-19-28(20-23-33)32(37,26-10-5-3-6-11-26)27-12-7-4-8-13-27;1-2(3)4;/h3-8,10-13,15-18,28-29,34,37H,9,14,19-23H2,1-2H3,(H,35,36);1H3,(H,3,4);1H2. The van der Waals surface area contributed by atoms with Gasteiger partial charge in [0, 0.05) is 6.92 Å². The predicted molar refractivity (Wildman–Crippen MR) is 163 cm³/mol. The lowest BCUT2D eigenvalue weighted by Gasteiger charge is -2.42. The first-order chi connectivity index (χ1) is 19.5. The molecular formula is C34H45NO7. The third-order valence-electron chi connectivity index (χ3n) is 8.11. The van der Waals surface area contributed by atoms with Gasteiger partial charge in [-0.05, 0) is 87.3 Å². The fourth-order valence-corrected chi connectivity index (χ4v) is 5.52. The van der Waals surface area contributed by atoms with Crippen LogP contribution in [-0.4, -0.2) is 62.4 Å². The molecule has 0 spiro atoms. The van der Waals surface area contributed by atoms with Gasteiger partial charge < -0.3 is 30.8 Å². The summed E-state index contributed by atoms with van der Waals surface area (Å²) in [6, 6.07) is 27.3. The van der Waals surface area contributed by atoms with Crippen LogP contribution in [0.2, 0.25) is 0 Å². The van der Waals surface area contributed by atoms with Crippen molar-refractivity contribution >= 4 is 11.9 Å². The van der Waals surface area contributed by atoms with Gasteiger partial charge in [0.05, 0.1) is 11.5 Å². The number of piperidine rings is 1. The highest BCUT2D eigenvalue weighted by Crippen LogP contribution is 2.42. The van der Waals surface area contributed by atoms with Crippen LogP contribution in [0.5, 0.6) is 0 Å².